The number of hydrogen-bond donors (Lipinski definition) is 4. The van der Waals surface area contributed by atoms with E-state index in [0.29, 0.717) is 24.6 Å². The van der Waals surface area contributed by atoms with Crippen LogP contribution < -0.4 is 21.5 Å². The molecule has 0 aliphatic carbocycles. The van der Waals surface area contributed by atoms with Gasteiger partial charge in [-0.05, 0) is 42.0 Å². The monoisotopic (exact) mass is 360 g/mol. The van der Waals surface area contributed by atoms with Gasteiger partial charge < -0.3 is 10.6 Å². The summed E-state index contributed by atoms with van der Waals surface area (Å²) in [6, 6.07) is 12.1. The Morgan fingerprint density at radius 1 is 1.00 bits per heavy atom. The van der Waals surface area contributed by atoms with Crippen LogP contribution >= 0.6 is 0 Å². The molecule has 1 saturated heterocycles. The Morgan fingerprint density at radius 2 is 1.65 bits per heavy atom. The standard InChI is InChI=1S/C19H22F2N4O/c20-16-5-1-13(2-6-16)18-15(12-24-25-18)11-22-9-10-23-19(26)14-3-7-17(21)8-4-14/h1-8,15,18,22,24-25H,9-12H2,(H,23,26). The Hall–Kier alpha value is -2.35. The number of hydrazine groups is 1. The fourth-order valence-electron chi connectivity index (χ4n) is 3.01. The topological polar surface area (TPSA) is 65.2 Å². The molecule has 0 saturated carbocycles. The van der Waals surface area contributed by atoms with Crippen LogP contribution in [-0.2, 0) is 0 Å². The van der Waals surface area contributed by atoms with Gasteiger partial charge in [0, 0.05) is 37.7 Å². The first-order valence-corrected chi connectivity index (χ1v) is 8.62. The van der Waals surface area contributed by atoms with E-state index in [4.69, 9.17) is 0 Å². The number of carbonyl (C=O) groups excluding carboxylic acids is 1. The van der Waals surface area contributed by atoms with Crippen LogP contribution in [0.1, 0.15) is 22.0 Å². The highest BCUT2D eigenvalue weighted by Gasteiger charge is 2.27. The molecule has 0 radical (unpaired) electrons. The fourth-order valence-corrected chi connectivity index (χ4v) is 3.01. The summed E-state index contributed by atoms with van der Waals surface area (Å²) in [4.78, 5) is 11.9. The largest absolute Gasteiger partial charge is 0.351 e. The molecule has 1 amide bonds. The van der Waals surface area contributed by atoms with Gasteiger partial charge in [-0.15, -0.1) is 0 Å². The molecule has 1 aliphatic rings. The quantitative estimate of drug-likeness (QED) is 0.568. The van der Waals surface area contributed by atoms with Gasteiger partial charge in [0.1, 0.15) is 11.6 Å². The molecule has 26 heavy (non-hydrogen) atoms. The smallest absolute Gasteiger partial charge is 0.251 e. The SMILES string of the molecule is O=C(NCCNCC1CNNC1c1ccc(F)cc1)c1ccc(F)cc1. The number of carbonyl (C=O) groups is 1. The summed E-state index contributed by atoms with van der Waals surface area (Å²) in [5, 5.41) is 6.12. The molecule has 2 unspecified atom stereocenters. The second-order valence-electron chi connectivity index (χ2n) is 6.28. The van der Waals surface area contributed by atoms with Crippen molar-refractivity contribution in [3.8, 4) is 0 Å². The molecule has 7 heteroatoms. The number of halogens is 2. The number of rotatable bonds is 7. The third-order valence-corrected chi connectivity index (χ3v) is 4.42. The van der Waals surface area contributed by atoms with Gasteiger partial charge >= 0.3 is 0 Å². The third kappa shape index (κ3) is 4.85. The van der Waals surface area contributed by atoms with Gasteiger partial charge in [0.15, 0.2) is 0 Å². The van der Waals surface area contributed by atoms with Gasteiger partial charge in [-0.1, -0.05) is 12.1 Å². The van der Waals surface area contributed by atoms with Crippen LogP contribution in [0, 0.1) is 17.6 Å². The van der Waals surface area contributed by atoms with Crippen molar-refractivity contribution < 1.29 is 13.6 Å². The highest BCUT2D eigenvalue weighted by atomic mass is 19.1. The Kier molecular flexibility index (Phi) is 6.27. The van der Waals surface area contributed by atoms with E-state index in [-0.39, 0.29) is 23.6 Å². The van der Waals surface area contributed by atoms with Crippen molar-refractivity contribution in [2.75, 3.05) is 26.2 Å². The van der Waals surface area contributed by atoms with E-state index in [9.17, 15) is 13.6 Å². The predicted molar refractivity (Wildman–Crippen MR) is 95.4 cm³/mol. The summed E-state index contributed by atoms with van der Waals surface area (Å²) in [5.74, 6) is -0.516. The van der Waals surface area contributed by atoms with E-state index in [1.165, 1.54) is 36.4 Å². The molecule has 0 bridgehead atoms. The van der Waals surface area contributed by atoms with Crippen molar-refractivity contribution >= 4 is 5.91 Å². The van der Waals surface area contributed by atoms with Crippen molar-refractivity contribution in [2.24, 2.45) is 5.92 Å². The number of hydrogen-bond acceptors (Lipinski definition) is 4. The summed E-state index contributed by atoms with van der Waals surface area (Å²) in [5.41, 5.74) is 7.82. The summed E-state index contributed by atoms with van der Waals surface area (Å²) in [6.45, 7) is 2.66. The van der Waals surface area contributed by atoms with Gasteiger partial charge in [-0.25, -0.2) is 14.2 Å². The van der Waals surface area contributed by atoms with Gasteiger partial charge in [0.25, 0.3) is 5.91 Å². The molecule has 2 aromatic carbocycles. The van der Waals surface area contributed by atoms with E-state index >= 15 is 0 Å². The van der Waals surface area contributed by atoms with Gasteiger partial charge in [0.05, 0.1) is 6.04 Å². The van der Waals surface area contributed by atoms with Crippen molar-refractivity contribution in [1.29, 1.82) is 0 Å². The second-order valence-corrected chi connectivity index (χ2v) is 6.28. The molecular formula is C19H22F2N4O. The molecule has 2 aromatic rings. The van der Waals surface area contributed by atoms with E-state index in [2.05, 4.69) is 21.5 Å². The molecule has 1 aliphatic heterocycles. The molecule has 4 N–H and O–H groups in total. The summed E-state index contributed by atoms with van der Waals surface area (Å²) >= 11 is 0. The minimum Gasteiger partial charge on any atom is -0.351 e. The maximum atomic E-state index is 13.1. The Labute approximate surface area is 151 Å². The van der Waals surface area contributed by atoms with E-state index in [1.54, 1.807) is 12.1 Å². The zero-order valence-electron chi connectivity index (χ0n) is 14.3. The Balaban J connectivity index is 1.39. The molecule has 138 valence electrons. The lowest BCUT2D eigenvalue weighted by Gasteiger charge is -2.19. The van der Waals surface area contributed by atoms with Gasteiger partial charge in [0.2, 0.25) is 0 Å². The third-order valence-electron chi connectivity index (χ3n) is 4.42. The zero-order valence-corrected chi connectivity index (χ0v) is 14.3. The van der Waals surface area contributed by atoms with Crippen molar-refractivity contribution in [2.45, 2.75) is 6.04 Å². The molecule has 1 heterocycles. The lowest BCUT2D eigenvalue weighted by atomic mass is 9.95. The minimum absolute atomic E-state index is 0.108. The molecule has 0 aromatic heterocycles. The highest BCUT2D eigenvalue weighted by Crippen LogP contribution is 2.24. The lowest BCUT2D eigenvalue weighted by Crippen LogP contribution is -2.35. The van der Waals surface area contributed by atoms with Crippen LogP contribution in [0.2, 0.25) is 0 Å². The Morgan fingerprint density at radius 3 is 2.35 bits per heavy atom. The number of benzene rings is 2. The molecule has 1 fully saturated rings. The molecule has 3 rings (SSSR count). The van der Waals surface area contributed by atoms with E-state index < -0.39 is 0 Å². The van der Waals surface area contributed by atoms with Gasteiger partial charge in [-0.3, -0.25) is 10.2 Å². The predicted octanol–water partition coefficient (Wildman–Crippen LogP) is 1.75. The first-order chi connectivity index (χ1) is 12.6. The lowest BCUT2D eigenvalue weighted by molar-refractivity contribution is 0.0954. The number of amides is 1. The molecular weight excluding hydrogens is 338 g/mol. The number of nitrogens with one attached hydrogen (secondary N) is 4. The van der Waals surface area contributed by atoms with Crippen molar-refractivity contribution in [3.05, 3.63) is 71.3 Å². The zero-order chi connectivity index (χ0) is 18.4. The van der Waals surface area contributed by atoms with E-state index in [1.807, 2.05) is 0 Å². The Bertz CT molecular complexity index is 721. The van der Waals surface area contributed by atoms with Crippen LogP contribution in [0.25, 0.3) is 0 Å². The summed E-state index contributed by atoms with van der Waals surface area (Å²) in [7, 11) is 0. The average Bonchev–Trinajstić information content (AvgIpc) is 3.11. The average molecular weight is 360 g/mol. The van der Waals surface area contributed by atoms with Crippen LogP contribution in [-0.4, -0.2) is 32.1 Å². The van der Waals surface area contributed by atoms with Crippen molar-refractivity contribution in [3.63, 3.8) is 0 Å². The van der Waals surface area contributed by atoms with Crippen LogP contribution in [0.3, 0.4) is 0 Å². The van der Waals surface area contributed by atoms with Crippen LogP contribution in [0.15, 0.2) is 48.5 Å². The summed E-state index contributed by atoms with van der Waals surface area (Å²) in [6.07, 6.45) is 0. The normalized spacial score (nSPS) is 19.5. The maximum Gasteiger partial charge on any atom is 0.251 e. The first-order valence-electron chi connectivity index (χ1n) is 8.62. The second kappa shape index (κ2) is 8.84. The van der Waals surface area contributed by atoms with Crippen LogP contribution in [0.5, 0.6) is 0 Å². The van der Waals surface area contributed by atoms with Gasteiger partial charge in [-0.2, -0.15) is 0 Å². The van der Waals surface area contributed by atoms with Crippen LogP contribution in [0.4, 0.5) is 8.78 Å². The fraction of sp³-hybridized carbons (Fsp3) is 0.316. The summed E-state index contributed by atoms with van der Waals surface area (Å²) < 4.78 is 25.9. The minimum atomic E-state index is -0.363. The van der Waals surface area contributed by atoms with E-state index in [0.717, 1.165) is 18.7 Å². The molecule has 5 nitrogen and oxygen atoms in total. The first kappa shape index (κ1) is 18.4. The maximum absolute atomic E-state index is 13.1. The molecule has 0 spiro atoms. The highest BCUT2D eigenvalue weighted by molar-refractivity contribution is 5.94. The molecule has 2 atom stereocenters. The van der Waals surface area contributed by atoms with Crippen molar-refractivity contribution in [1.82, 2.24) is 21.5 Å².